The number of hydrogen-bond acceptors (Lipinski definition) is 2. The van der Waals surface area contributed by atoms with Crippen molar-refractivity contribution in [3.8, 4) is 0 Å². The Hall–Kier alpha value is -2.62. The van der Waals surface area contributed by atoms with E-state index in [1.807, 2.05) is 35.2 Å². The molecule has 0 unspecified atom stereocenters. The number of rotatable bonds is 3. The van der Waals surface area contributed by atoms with Crippen LogP contribution < -0.4 is 0 Å². The van der Waals surface area contributed by atoms with Crippen LogP contribution in [0.2, 0.25) is 0 Å². The van der Waals surface area contributed by atoms with E-state index in [1.54, 1.807) is 0 Å². The fraction of sp³-hybridized carbons (Fsp3) is 0.517. The summed E-state index contributed by atoms with van der Waals surface area (Å²) in [5.74, 6) is 1.81. The predicted octanol–water partition coefficient (Wildman–Crippen LogP) is 4.82. The number of nitrogens with zero attached hydrogens (tertiary/aromatic N) is 2. The lowest BCUT2D eigenvalue weighted by molar-refractivity contribution is -0.161. The SMILES string of the molecule is Cc1ccc(C23C[C@@H]4C[C@H](CC(C(=O)N5CCN(C(=O)c6ccccc6)CC5)(C4)C2)C3)cc1. The molecule has 2 amide bonds. The summed E-state index contributed by atoms with van der Waals surface area (Å²) >= 11 is 0. The van der Waals surface area contributed by atoms with Crippen molar-refractivity contribution in [1.82, 2.24) is 9.80 Å². The van der Waals surface area contributed by atoms with Gasteiger partial charge in [-0.05, 0) is 80.4 Å². The van der Waals surface area contributed by atoms with Crippen LogP contribution in [0, 0.1) is 24.2 Å². The van der Waals surface area contributed by atoms with Crippen molar-refractivity contribution in [2.24, 2.45) is 17.3 Å². The maximum absolute atomic E-state index is 14.0. The number of benzene rings is 2. The Morgan fingerprint density at radius 2 is 1.39 bits per heavy atom. The zero-order valence-electron chi connectivity index (χ0n) is 19.6. The van der Waals surface area contributed by atoms with Gasteiger partial charge in [0.25, 0.3) is 5.91 Å². The molecule has 7 rings (SSSR count). The second kappa shape index (κ2) is 7.72. The molecular weight excluding hydrogens is 408 g/mol. The van der Waals surface area contributed by atoms with E-state index in [0.29, 0.717) is 43.9 Å². The topological polar surface area (TPSA) is 40.6 Å². The number of piperazine rings is 1. The quantitative estimate of drug-likeness (QED) is 0.684. The molecule has 2 atom stereocenters. The maximum atomic E-state index is 14.0. The summed E-state index contributed by atoms with van der Waals surface area (Å²) in [6.45, 7) is 4.73. The number of amides is 2. The normalized spacial score (nSPS) is 32.8. The molecule has 1 saturated heterocycles. The summed E-state index contributed by atoms with van der Waals surface area (Å²) in [6.07, 6.45) is 6.96. The molecule has 4 heteroatoms. The molecule has 4 aliphatic carbocycles. The van der Waals surface area contributed by atoms with Gasteiger partial charge in [0.15, 0.2) is 0 Å². The van der Waals surface area contributed by atoms with Crippen LogP contribution in [0.3, 0.4) is 0 Å². The van der Waals surface area contributed by atoms with Crippen LogP contribution in [-0.4, -0.2) is 47.8 Å². The van der Waals surface area contributed by atoms with E-state index in [1.165, 1.54) is 30.4 Å². The van der Waals surface area contributed by atoms with Crippen molar-refractivity contribution < 1.29 is 9.59 Å². The molecule has 4 nitrogen and oxygen atoms in total. The van der Waals surface area contributed by atoms with Crippen LogP contribution in [0.5, 0.6) is 0 Å². The minimum Gasteiger partial charge on any atom is -0.339 e. The Balaban J connectivity index is 1.19. The first-order chi connectivity index (χ1) is 16.0. The molecule has 4 bridgehead atoms. The summed E-state index contributed by atoms with van der Waals surface area (Å²) in [6, 6.07) is 18.6. The van der Waals surface area contributed by atoms with Crippen LogP contribution in [0.1, 0.15) is 60.0 Å². The largest absolute Gasteiger partial charge is 0.339 e. The van der Waals surface area contributed by atoms with Crippen molar-refractivity contribution in [1.29, 1.82) is 0 Å². The zero-order valence-corrected chi connectivity index (χ0v) is 19.6. The van der Waals surface area contributed by atoms with E-state index in [2.05, 4.69) is 36.1 Å². The summed E-state index contributed by atoms with van der Waals surface area (Å²) < 4.78 is 0. The van der Waals surface area contributed by atoms with Crippen LogP contribution in [-0.2, 0) is 10.2 Å². The molecule has 1 aliphatic heterocycles. The molecule has 2 aromatic carbocycles. The minimum absolute atomic E-state index is 0.0795. The van der Waals surface area contributed by atoms with Gasteiger partial charge in [-0.1, -0.05) is 48.0 Å². The van der Waals surface area contributed by atoms with Crippen molar-refractivity contribution in [2.75, 3.05) is 26.2 Å². The van der Waals surface area contributed by atoms with Crippen LogP contribution in [0.4, 0.5) is 0 Å². The van der Waals surface area contributed by atoms with Crippen LogP contribution in [0.25, 0.3) is 0 Å². The number of carbonyl (C=O) groups excluding carboxylic acids is 2. The molecule has 0 aromatic heterocycles. The highest BCUT2D eigenvalue weighted by Crippen LogP contribution is 2.66. The van der Waals surface area contributed by atoms with Crippen LogP contribution >= 0.6 is 0 Å². The standard InChI is InChI=1S/C29H34N2O2/c1-21-7-9-25(10-8-21)28-16-22-15-23(17-28)19-29(18-22,20-28)27(33)31-13-11-30(12-14-31)26(32)24-5-3-2-4-6-24/h2-10,22-23H,11-20H2,1H3/t22-,23-,28?,29?/m0/s1. The van der Waals surface area contributed by atoms with Crippen molar-refractivity contribution >= 4 is 11.8 Å². The lowest BCUT2D eigenvalue weighted by Gasteiger charge is -2.62. The first-order valence-corrected chi connectivity index (χ1v) is 12.7. The van der Waals surface area contributed by atoms with Gasteiger partial charge in [0.05, 0.1) is 5.41 Å². The van der Waals surface area contributed by atoms with E-state index in [0.717, 1.165) is 24.8 Å². The number of hydrogen-bond donors (Lipinski definition) is 0. The number of aryl methyl sites for hydroxylation is 1. The average molecular weight is 443 g/mol. The van der Waals surface area contributed by atoms with Gasteiger partial charge in [-0.15, -0.1) is 0 Å². The molecular formula is C29H34N2O2. The van der Waals surface area contributed by atoms with Gasteiger partial charge in [0.2, 0.25) is 5.91 Å². The highest BCUT2D eigenvalue weighted by Gasteiger charge is 2.61. The third-order valence-electron chi connectivity index (χ3n) is 9.05. The van der Waals surface area contributed by atoms with E-state index >= 15 is 0 Å². The van der Waals surface area contributed by atoms with Crippen molar-refractivity contribution in [2.45, 2.75) is 50.9 Å². The molecule has 5 fully saturated rings. The van der Waals surface area contributed by atoms with E-state index in [4.69, 9.17) is 0 Å². The van der Waals surface area contributed by atoms with Crippen LogP contribution in [0.15, 0.2) is 54.6 Å². The first-order valence-electron chi connectivity index (χ1n) is 12.7. The Bertz CT molecular complexity index is 1040. The average Bonchev–Trinajstić information content (AvgIpc) is 2.83. The van der Waals surface area contributed by atoms with Gasteiger partial charge in [0, 0.05) is 31.7 Å². The van der Waals surface area contributed by atoms with E-state index in [-0.39, 0.29) is 16.7 Å². The van der Waals surface area contributed by atoms with E-state index in [9.17, 15) is 9.59 Å². The molecule has 1 heterocycles. The summed E-state index contributed by atoms with van der Waals surface area (Å²) in [5, 5.41) is 0. The highest BCUT2D eigenvalue weighted by molar-refractivity contribution is 5.94. The second-order valence-electron chi connectivity index (χ2n) is 11.3. The third-order valence-corrected chi connectivity index (χ3v) is 9.05. The van der Waals surface area contributed by atoms with E-state index < -0.39 is 0 Å². The smallest absolute Gasteiger partial charge is 0.253 e. The number of carbonyl (C=O) groups is 2. The fourth-order valence-electron chi connectivity index (χ4n) is 7.97. The van der Waals surface area contributed by atoms with Crippen molar-refractivity contribution in [3.63, 3.8) is 0 Å². The predicted molar refractivity (Wildman–Crippen MR) is 129 cm³/mol. The van der Waals surface area contributed by atoms with Gasteiger partial charge in [-0.3, -0.25) is 9.59 Å². The molecule has 0 radical (unpaired) electrons. The Morgan fingerprint density at radius 1 is 0.788 bits per heavy atom. The minimum atomic E-state index is -0.194. The lowest BCUT2D eigenvalue weighted by atomic mass is 9.42. The first kappa shape index (κ1) is 20.9. The maximum Gasteiger partial charge on any atom is 0.253 e. The van der Waals surface area contributed by atoms with Crippen molar-refractivity contribution in [3.05, 3.63) is 71.3 Å². The summed E-state index contributed by atoms with van der Waals surface area (Å²) in [5.41, 5.74) is 3.48. The molecule has 4 saturated carbocycles. The summed E-state index contributed by atoms with van der Waals surface area (Å²) in [7, 11) is 0. The molecule has 0 spiro atoms. The van der Waals surface area contributed by atoms with Gasteiger partial charge >= 0.3 is 0 Å². The van der Waals surface area contributed by atoms with Gasteiger partial charge in [-0.25, -0.2) is 0 Å². The lowest BCUT2D eigenvalue weighted by Crippen LogP contribution is -2.61. The third kappa shape index (κ3) is 3.50. The summed E-state index contributed by atoms with van der Waals surface area (Å²) in [4.78, 5) is 30.9. The Labute approximate surface area is 197 Å². The fourth-order valence-corrected chi connectivity index (χ4v) is 7.97. The molecule has 2 aromatic rings. The molecule has 0 N–H and O–H groups in total. The van der Waals surface area contributed by atoms with Gasteiger partial charge < -0.3 is 9.80 Å². The Morgan fingerprint density at radius 3 is 2.03 bits per heavy atom. The van der Waals surface area contributed by atoms with Gasteiger partial charge in [-0.2, -0.15) is 0 Å². The Kier molecular flexibility index (Phi) is 4.90. The molecule has 33 heavy (non-hydrogen) atoms. The molecule has 5 aliphatic rings. The molecule has 172 valence electrons. The zero-order chi connectivity index (χ0) is 22.6. The second-order valence-corrected chi connectivity index (χ2v) is 11.3. The monoisotopic (exact) mass is 442 g/mol. The highest BCUT2D eigenvalue weighted by atomic mass is 16.2. The van der Waals surface area contributed by atoms with Gasteiger partial charge in [0.1, 0.15) is 0 Å².